The first-order valence-corrected chi connectivity index (χ1v) is 9.08. The number of carbonyl (C=O) groups excluding carboxylic acids is 2. The van der Waals surface area contributed by atoms with Crippen LogP contribution >= 0.6 is 0 Å². The number of hydrogen-bond donors (Lipinski definition) is 4. The van der Waals surface area contributed by atoms with Gasteiger partial charge in [0.15, 0.2) is 18.4 Å². The highest BCUT2D eigenvalue weighted by molar-refractivity contribution is 5.89. The molecule has 0 spiro atoms. The number of aliphatic hydroxyl groups excluding tert-OH is 2. The van der Waals surface area contributed by atoms with Crippen LogP contribution in [0, 0.1) is 11.5 Å². The first-order valence-electron chi connectivity index (χ1n) is 9.08. The van der Waals surface area contributed by atoms with Crippen LogP contribution in [0.2, 0.25) is 0 Å². The van der Waals surface area contributed by atoms with Gasteiger partial charge >= 0.3 is 18.3 Å². The number of hydrogen-bond acceptors (Lipinski definition) is 8. The van der Waals surface area contributed by atoms with Crippen LogP contribution in [-0.2, 0) is 19.1 Å². The van der Waals surface area contributed by atoms with E-state index in [4.69, 9.17) is 14.7 Å². The summed E-state index contributed by atoms with van der Waals surface area (Å²) in [5, 5.41) is 32.2. The second-order valence-electron chi connectivity index (χ2n) is 6.74. The molecule has 1 rings (SSSR count). The van der Waals surface area contributed by atoms with Crippen LogP contribution in [0.25, 0.3) is 0 Å². The third kappa shape index (κ3) is 7.24. The Hall–Kier alpha value is -2.57. The van der Waals surface area contributed by atoms with Crippen LogP contribution < -0.4 is 10.6 Å². The number of alkyl halides is 6. The van der Waals surface area contributed by atoms with E-state index in [1.165, 1.54) is 13.1 Å². The number of nitriles is 1. The highest BCUT2D eigenvalue weighted by Gasteiger charge is 2.55. The third-order valence-electron chi connectivity index (χ3n) is 4.36. The van der Waals surface area contributed by atoms with Crippen molar-refractivity contribution >= 4 is 11.9 Å². The molecule has 0 aromatic heterocycles. The molecule has 9 nitrogen and oxygen atoms in total. The van der Waals surface area contributed by atoms with Crippen LogP contribution in [0.15, 0.2) is 11.6 Å². The molecule has 15 heteroatoms. The van der Waals surface area contributed by atoms with Crippen molar-refractivity contribution in [3.63, 3.8) is 0 Å². The van der Waals surface area contributed by atoms with E-state index in [0.29, 0.717) is 0 Å². The van der Waals surface area contributed by atoms with Gasteiger partial charge in [-0.3, -0.25) is 4.79 Å². The lowest BCUT2D eigenvalue weighted by atomic mass is 9.87. The Labute approximate surface area is 178 Å². The van der Waals surface area contributed by atoms with E-state index in [2.05, 4.69) is 10.6 Å². The Kier molecular flexibility index (Phi) is 9.30. The first kappa shape index (κ1) is 27.5. The number of halogens is 6. The Morgan fingerprint density at radius 2 is 1.75 bits per heavy atom. The van der Waals surface area contributed by atoms with Gasteiger partial charge in [0.1, 0.15) is 6.10 Å². The largest absolute Gasteiger partial charge is 0.463 e. The maximum absolute atomic E-state index is 13.0. The topological polar surface area (TPSA) is 141 Å². The standard InChI is InChI=1S/C17H21F6N3O6/c1-3-31-15(30)8-4-9(25-6-24)11(26-7(2)27)10(5-8)32-12(13(28)16(18,19)20)14(29)17(21,22)23/h5,9-14,25,28-29H,3-4H2,1-2H3,(H,26,27)/t9-,10+,11+,12?,13?,14?/m0/s1. The number of ether oxygens (including phenoxy) is 2. The number of nitrogens with zero attached hydrogens (tertiary/aromatic N) is 1. The molecule has 0 aliphatic heterocycles. The zero-order valence-corrected chi connectivity index (χ0v) is 16.7. The Morgan fingerprint density at radius 3 is 2.16 bits per heavy atom. The van der Waals surface area contributed by atoms with Gasteiger partial charge in [0.25, 0.3) is 0 Å². The lowest BCUT2D eigenvalue weighted by Gasteiger charge is -2.39. The summed E-state index contributed by atoms with van der Waals surface area (Å²) in [6.45, 7) is 2.31. The summed E-state index contributed by atoms with van der Waals surface area (Å²) in [5.41, 5.74) is -0.270. The minimum atomic E-state index is -5.62. The fourth-order valence-electron chi connectivity index (χ4n) is 2.98. The molecule has 5 atom stereocenters. The lowest BCUT2D eigenvalue weighted by molar-refractivity contribution is -0.296. The van der Waals surface area contributed by atoms with Crippen LogP contribution in [-0.4, -0.2) is 77.5 Å². The van der Waals surface area contributed by atoms with E-state index in [1.807, 2.05) is 0 Å². The molecule has 0 radical (unpaired) electrons. The third-order valence-corrected chi connectivity index (χ3v) is 4.36. The summed E-state index contributed by atoms with van der Waals surface area (Å²) in [6, 6.07) is -2.65. The molecule has 0 bridgehead atoms. The molecule has 0 saturated carbocycles. The van der Waals surface area contributed by atoms with Gasteiger partial charge in [-0.1, -0.05) is 0 Å². The average molecular weight is 477 g/mol. The van der Waals surface area contributed by atoms with E-state index in [9.17, 15) is 46.1 Å². The predicted octanol–water partition coefficient (Wildman–Crippen LogP) is 0.424. The first-order chi connectivity index (χ1) is 14.6. The van der Waals surface area contributed by atoms with E-state index < -0.39 is 60.7 Å². The molecule has 0 fully saturated rings. The molecule has 1 aliphatic carbocycles. The van der Waals surface area contributed by atoms with Crippen LogP contribution in [0.4, 0.5) is 26.3 Å². The maximum atomic E-state index is 13.0. The van der Waals surface area contributed by atoms with Crippen molar-refractivity contribution in [3.05, 3.63) is 11.6 Å². The average Bonchev–Trinajstić information content (AvgIpc) is 2.65. The molecular formula is C17H21F6N3O6. The SMILES string of the molecule is CCOC(=O)C1=C[C@@H](OC(C(O)C(F)(F)F)C(O)C(F)(F)F)[C@H](NC(C)=O)[C@@H](NC#N)C1. The van der Waals surface area contributed by atoms with E-state index in [1.54, 1.807) is 0 Å². The van der Waals surface area contributed by atoms with Gasteiger partial charge in [0.05, 0.1) is 24.8 Å². The smallest absolute Gasteiger partial charge is 0.417 e. The Morgan fingerprint density at radius 1 is 1.22 bits per heavy atom. The van der Waals surface area contributed by atoms with Crippen LogP contribution in [0.1, 0.15) is 20.3 Å². The molecule has 4 N–H and O–H groups in total. The highest BCUT2D eigenvalue weighted by atomic mass is 19.4. The van der Waals surface area contributed by atoms with Crippen molar-refractivity contribution < 1.29 is 55.6 Å². The molecule has 0 saturated heterocycles. The highest BCUT2D eigenvalue weighted by Crippen LogP contribution is 2.34. The van der Waals surface area contributed by atoms with E-state index >= 15 is 0 Å². The van der Waals surface area contributed by atoms with E-state index in [-0.39, 0.29) is 18.6 Å². The Balaban J connectivity index is 3.49. The second kappa shape index (κ2) is 10.8. The van der Waals surface area contributed by atoms with Crippen molar-refractivity contribution in [2.75, 3.05) is 6.61 Å². The van der Waals surface area contributed by atoms with Crippen LogP contribution in [0.3, 0.4) is 0 Å². The number of rotatable bonds is 8. The van der Waals surface area contributed by atoms with Crippen molar-refractivity contribution in [1.29, 1.82) is 5.26 Å². The molecule has 0 aromatic rings. The quantitative estimate of drug-likeness (QED) is 0.171. The number of nitrogens with one attached hydrogen (secondary N) is 2. The second-order valence-corrected chi connectivity index (χ2v) is 6.74. The fourth-order valence-corrected chi connectivity index (χ4v) is 2.98. The molecule has 182 valence electrons. The molecule has 0 heterocycles. The van der Waals surface area contributed by atoms with Gasteiger partial charge in [-0.2, -0.15) is 31.6 Å². The number of amides is 1. The molecule has 2 unspecified atom stereocenters. The van der Waals surface area contributed by atoms with Crippen LogP contribution in [0.5, 0.6) is 0 Å². The normalized spacial score (nSPS) is 24.4. The maximum Gasteiger partial charge on any atom is 0.417 e. The number of esters is 1. The summed E-state index contributed by atoms with van der Waals surface area (Å²) in [6.07, 6.45) is -22.0. The van der Waals surface area contributed by atoms with E-state index in [0.717, 1.165) is 13.0 Å². The zero-order valence-electron chi connectivity index (χ0n) is 16.7. The molecule has 32 heavy (non-hydrogen) atoms. The number of aliphatic hydroxyl groups is 2. The van der Waals surface area contributed by atoms with Gasteiger partial charge < -0.3 is 30.3 Å². The van der Waals surface area contributed by atoms with Gasteiger partial charge in [-0.15, -0.1) is 0 Å². The van der Waals surface area contributed by atoms with Crippen molar-refractivity contribution in [2.24, 2.45) is 0 Å². The monoisotopic (exact) mass is 477 g/mol. The summed E-state index contributed by atoms with van der Waals surface area (Å²) in [5.74, 6) is -1.78. The van der Waals surface area contributed by atoms with Crippen molar-refractivity contribution in [2.45, 2.75) is 69.1 Å². The fraction of sp³-hybridized carbons (Fsp3) is 0.706. The lowest BCUT2D eigenvalue weighted by Crippen LogP contribution is -2.61. The molecule has 1 amide bonds. The minimum Gasteiger partial charge on any atom is -0.463 e. The molecule has 0 aromatic carbocycles. The summed E-state index contributed by atoms with van der Waals surface area (Å²) < 4.78 is 87.5. The minimum absolute atomic E-state index is 0.116. The van der Waals surface area contributed by atoms with Gasteiger partial charge in [-0.25, -0.2) is 4.79 Å². The Bertz CT molecular complexity index is 731. The summed E-state index contributed by atoms with van der Waals surface area (Å²) in [7, 11) is 0. The van der Waals surface area contributed by atoms with Gasteiger partial charge in [0.2, 0.25) is 5.91 Å². The van der Waals surface area contributed by atoms with Crippen molar-refractivity contribution in [1.82, 2.24) is 10.6 Å². The summed E-state index contributed by atoms with van der Waals surface area (Å²) >= 11 is 0. The molecular weight excluding hydrogens is 456 g/mol. The summed E-state index contributed by atoms with van der Waals surface area (Å²) in [4.78, 5) is 23.6. The molecule has 1 aliphatic rings. The number of carbonyl (C=O) groups is 2. The predicted molar refractivity (Wildman–Crippen MR) is 92.3 cm³/mol. The van der Waals surface area contributed by atoms with Gasteiger partial charge in [0, 0.05) is 18.9 Å². The van der Waals surface area contributed by atoms with Gasteiger partial charge in [-0.05, 0) is 13.0 Å². The zero-order chi connectivity index (χ0) is 24.9. The van der Waals surface area contributed by atoms with Crippen molar-refractivity contribution in [3.8, 4) is 6.19 Å².